The predicted octanol–water partition coefficient (Wildman–Crippen LogP) is 3.33. The van der Waals surface area contributed by atoms with E-state index in [0.717, 1.165) is 27.9 Å². The first kappa shape index (κ1) is 14.0. The van der Waals surface area contributed by atoms with E-state index in [-0.39, 0.29) is 0 Å². The second-order valence-corrected chi connectivity index (χ2v) is 6.18. The number of anilines is 1. The maximum absolute atomic E-state index is 6.00. The minimum absolute atomic E-state index is 0.452. The summed E-state index contributed by atoms with van der Waals surface area (Å²) in [6, 6.07) is 5.85. The molecule has 0 bridgehead atoms. The van der Waals surface area contributed by atoms with Crippen LogP contribution in [-0.4, -0.2) is 19.4 Å². The van der Waals surface area contributed by atoms with Crippen molar-refractivity contribution < 1.29 is 0 Å². The number of aromatic nitrogens is 4. The third kappa shape index (κ3) is 2.76. The molecule has 0 spiro atoms. The SMILES string of the molecule is CC(C)Cc1nc(-c2cn3ccccc3n2)nc(N)c1Br. The Morgan fingerprint density at radius 1 is 1.24 bits per heavy atom. The maximum atomic E-state index is 6.00. The number of nitrogens with zero attached hydrogens (tertiary/aromatic N) is 4. The van der Waals surface area contributed by atoms with E-state index in [1.165, 1.54) is 0 Å². The highest BCUT2D eigenvalue weighted by Gasteiger charge is 2.14. The normalized spacial score (nSPS) is 11.4. The zero-order valence-corrected chi connectivity index (χ0v) is 13.5. The molecule has 108 valence electrons. The standard InChI is InChI=1S/C15H16BrN5/c1-9(2)7-10-13(16)14(17)20-15(19-10)11-8-21-6-4-3-5-12(21)18-11/h3-6,8-9H,7H2,1-2H3,(H2,17,19,20). The van der Waals surface area contributed by atoms with Crippen molar-refractivity contribution in [1.82, 2.24) is 19.4 Å². The van der Waals surface area contributed by atoms with E-state index in [9.17, 15) is 0 Å². The molecule has 3 heterocycles. The van der Waals surface area contributed by atoms with Crippen molar-refractivity contribution in [3.63, 3.8) is 0 Å². The highest BCUT2D eigenvalue weighted by molar-refractivity contribution is 9.10. The fourth-order valence-electron chi connectivity index (χ4n) is 2.19. The van der Waals surface area contributed by atoms with Crippen molar-refractivity contribution in [3.8, 4) is 11.5 Å². The van der Waals surface area contributed by atoms with Gasteiger partial charge in [0.1, 0.15) is 17.2 Å². The molecule has 2 N–H and O–H groups in total. The Morgan fingerprint density at radius 2 is 2.05 bits per heavy atom. The summed E-state index contributed by atoms with van der Waals surface area (Å²) in [5, 5.41) is 0. The molecule has 0 saturated heterocycles. The quantitative estimate of drug-likeness (QED) is 0.790. The fraction of sp³-hybridized carbons (Fsp3) is 0.267. The second kappa shape index (κ2) is 5.44. The molecule has 3 aromatic heterocycles. The van der Waals surface area contributed by atoms with E-state index in [2.05, 4.69) is 44.7 Å². The van der Waals surface area contributed by atoms with Crippen LogP contribution in [-0.2, 0) is 6.42 Å². The highest BCUT2D eigenvalue weighted by Crippen LogP contribution is 2.26. The van der Waals surface area contributed by atoms with E-state index in [4.69, 9.17) is 5.73 Å². The first-order valence-electron chi connectivity index (χ1n) is 6.80. The maximum Gasteiger partial charge on any atom is 0.182 e. The van der Waals surface area contributed by atoms with Crippen LogP contribution in [0.2, 0.25) is 0 Å². The van der Waals surface area contributed by atoms with E-state index < -0.39 is 0 Å². The van der Waals surface area contributed by atoms with Crippen LogP contribution in [0.3, 0.4) is 0 Å². The highest BCUT2D eigenvalue weighted by atomic mass is 79.9. The van der Waals surface area contributed by atoms with Gasteiger partial charge in [-0.3, -0.25) is 0 Å². The van der Waals surface area contributed by atoms with Crippen LogP contribution >= 0.6 is 15.9 Å². The predicted molar refractivity (Wildman–Crippen MR) is 86.9 cm³/mol. The molecule has 5 nitrogen and oxygen atoms in total. The summed E-state index contributed by atoms with van der Waals surface area (Å²) < 4.78 is 2.72. The number of nitrogen functional groups attached to an aromatic ring is 1. The summed E-state index contributed by atoms with van der Waals surface area (Å²) in [6.07, 6.45) is 4.70. The molecule has 0 amide bonds. The number of imidazole rings is 1. The van der Waals surface area contributed by atoms with Gasteiger partial charge in [-0.05, 0) is 40.4 Å². The number of pyridine rings is 1. The molecule has 0 fully saturated rings. The summed E-state index contributed by atoms with van der Waals surface area (Å²) >= 11 is 3.47. The van der Waals surface area contributed by atoms with Gasteiger partial charge in [-0.1, -0.05) is 19.9 Å². The molecule has 3 rings (SSSR count). The minimum atomic E-state index is 0.452. The summed E-state index contributed by atoms with van der Waals surface area (Å²) in [5.41, 5.74) is 8.51. The van der Waals surface area contributed by atoms with Gasteiger partial charge in [0.2, 0.25) is 0 Å². The molecule has 0 radical (unpaired) electrons. The Hall–Kier alpha value is -1.95. The zero-order chi connectivity index (χ0) is 15.0. The first-order chi connectivity index (χ1) is 10.0. The van der Waals surface area contributed by atoms with Crippen molar-refractivity contribution >= 4 is 27.4 Å². The smallest absolute Gasteiger partial charge is 0.182 e. The van der Waals surface area contributed by atoms with Crippen molar-refractivity contribution in [2.75, 3.05) is 5.73 Å². The molecular formula is C15H16BrN5. The third-order valence-corrected chi connectivity index (χ3v) is 4.00. The van der Waals surface area contributed by atoms with Crippen LogP contribution in [0.1, 0.15) is 19.5 Å². The molecular weight excluding hydrogens is 330 g/mol. The Morgan fingerprint density at radius 3 is 2.76 bits per heavy atom. The largest absolute Gasteiger partial charge is 0.383 e. The number of nitrogens with two attached hydrogens (primary N) is 1. The number of fused-ring (bicyclic) bond motifs is 1. The van der Waals surface area contributed by atoms with Gasteiger partial charge in [-0.15, -0.1) is 0 Å². The molecule has 0 aliphatic carbocycles. The number of halogens is 1. The number of hydrogen-bond donors (Lipinski definition) is 1. The van der Waals surface area contributed by atoms with E-state index in [1.807, 2.05) is 35.0 Å². The molecule has 6 heteroatoms. The van der Waals surface area contributed by atoms with Gasteiger partial charge < -0.3 is 10.1 Å². The van der Waals surface area contributed by atoms with Gasteiger partial charge in [0.25, 0.3) is 0 Å². The van der Waals surface area contributed by atoms with Crippen LogP contribution in [0.15, 0.2) is 35.1 Å². The topological polar surface area (TPSA) is 69.1 Å². The van der Waals surface area contributed by atoms with Crippen LogP contribution in [0, 0.1) is 5.92 Å². The minimum Gasteiger partial charge on any atom is -0.383 e. The second-order valence-electron chi connectivity index (χ2n) is 5.38. The summed E-state index contributed by atoms with van der Waals surface area (Å²) in [7, 11) is 0. The fourth-order valence-corrected chi connectivity index (χ4v) is 2.53. The average Bonchev–Trinajstić information content (AvgIpc) is 2.87. The average molecular weight is 346 g/mol. The van der Waals surface area contributed by atoms with Crippen molar-refractivity contribution in [3.05, 3.63) is 40.8 Å². The van der Waals surface area contributed by atoms with Crippen molar-refractivity contribution in [2.24, 2.45) is 5.92 Å². The molecule has 0 atom stereocenters. The van der Waals surface area contributed by atoms with E-state index >= 15 is 0 Å². The monoisotopic (exact) mass is 345 g/mol. The Bertz CT molecular complexity index is 761. The van der Waals surface area contributed by atoms with Crippen LogP contribution in [0.4, 0.5) is 5.82 Å². The van der Waals surface area contributed by atoms with Gasteiger partial charge in [-0.25, -0.2) is 15.0 Å². The van der Waals surface area contributed by atoms with Crippen LogP contribution in [0.25, 0.3) is 17.2 Å². The van der Waals surface area contributed by atoms with Gasteiger partial charge in [0.15, 0.2) is 5.82 Å². The Labute approximate surface area is 131 Å². The molecule has 0 saturated carbocycles. The molecule has 0 aliphatic heterocycles. The first-order valence-corrected chi connectivity index (χ1v) is 7.60. The molecule has 21 heavy (non-hydrogen) atoms. The third-order valence-electron chi connectivity index (χ3n) is 3.14. The summed E-state index contributed by atoms with van der Waals surface area (Å²) in [6.45, 7) is 4.30. The summed E-state index contributed by atoms with van der Waals surface area (Å²) in [5.74, 6) is 1.51. The lowest BCUT2D eigenvalue weighted by atomic mass is 10.1. The zero-order valence-electron chi connectivity index (χ0n) is 11.9. The molecule has 3 aromatic rings. The molecule has 0 aliphatic rings. The van der Waals surface area contributed by atoms with Gasteiger partial charge in [-0.2, -0.15) is 0 Å². The van der Waals surface area contributed by atoms with Crippen molar-refractivity contribution in [2.45, 2.75) is 20.3 Å². The van der Waals surface area contributed by atoms with Gasteiger partial charge in [0.05, 0.1) is 10.2 Å². The molecule has 0 unspecified atom stereocenters. The van der Waals surface area contributed by atoms with E-state index in [0.29, 0.717) is 17.6 Å². The summed E-state index contributed by atoms with van der Waals surface area (Å²) in [4.78, 5) is 13.5. The Balaban J connectivity index is 2.11. The van der Waals surface area contributed by atoms with Crippen molar-refractivity contribution in [1.29, 1.82) is 0 Å². The van der Waals surface area contributed by atoms with Crippen LogP contribution < -0.4 is 5.73 Å². The lowest BCUT2D eigenvalue weighted by molar-refractivity contribution is 0.632. The molecule has 0 aromatic carbocycles. The van der Waals surface area contributed by atoms with E-state index in [1.54, 1.807) is 0 Å². The lowest BCUT2D eigenvalue weighted by Gasteiger charge is -2.09. The number of hydrogen-bond acceptors (Lipinski definition) is 4. The lowest BCUT2D eigenvalue weighted by Crippen LogP contribution is -2.05. The van der Waals surface area contributed by atoms with Crippen LogP contribution in [0.5, 0.6) is 0 Å². The van der Waals surface area contributed by atoms with Gasteiger partial charge in [0, 0.05) is 12.4 Å². The van der Waals surface area contributed by atoms with Gasteiger partial charge >= 0.3 is 0 Å². The number of rotatable bonds is 3. The Kier molecular flexibility index (Phi) is 3.63.